The van der Waals surface area contributed by atoms with E-state index in [1.54, 1.807) is 28.1 Å². The summed E-state index contributed by atoms with van der Waals surface area (Å²) in [6.45, 7) is 0. The molecule has 1 aliphatic rings. The van der Waals surface area contributed by atoms with E-state index < -0.39 is 16.4 Å². The minimum atomic E-state index is -0.564. The Balaban J connectivity index is 1.96. The van der Waals surface area contributed by atoms with Gasteiger partial charge in [0.05, 0.1) is 10.5 Å². The minimum Gasteiger partial charge on any atom is -0.311 e. The van der Waals surface area contributed by atoms with Crippen molar-refractivity contribution >= 4 is 33.7 Å². The van der Waals surface area contributed by atoms with Crippen LogP contribution in [-0.2, 0) is 4.79 Å². The van der Waals surface area contributed by atoms with Gasteiger partial charge in [0.25, 0.3) is 11.2 Å². The second-order valence-corrected chi connectivity index (χ2v) is 6.26. The predicted molar refractivity (Wildman–Crippen MR) is 87.5 cm³/mol. The molecule has 2 aromatic heterocycles. The van der Waals surface area contributed by atoms with Crippen LogP contribution in [-0.4, -0.2) is 20.2 Å². The number of nitrogens with zero attached hydrogens (tertiary/aromatic N) is 3. The van der Waals surface area contributed by atoms with Gasteiger partial charge in [-0.05, 0) is 5.56 Å². The molecule has 1 amide bonds. The van der Waals surface area contributed by atoms with Crippen LogP contribution in [0.2, 0.25) is 0 Å². The van der Waals surface area contributed by atoms with Gasteiger partial charge in [-0.25, -0.2) is 0 Å². The number of aromatic nitrogens is 2. The van der Waals surface area contributed by atoms with Crippen molar-refractivity contribution in [3.8, 4) is 0 Å². The summed E-state index contributed by atoms with van der Waals surface area (Å²) >= 11 is 1.29. The lowest BCUT2D eigenvalue weighted by Crippen LogP contribution is -2.31. The molecule has 8 nitrogen and oxygen atoms in total. The van der Waals surface area contributed by atoms with Crippen molar-refractivity contribution in [1.29, 1.82) is 0 Å². The zero-order valence-corrected chi connectivity index (χ0v) is 12.9. The summed E-state index contributed by atoms with van der Waals surface area (Å²) < 4.78 is 1.66. The molecular weight excluding hydrogens is 332 g/mol. The summed E-state index contributed by atoms with van der Waals surface area (Å²) in [7, 11) is 0. The number of nitro groups is 1. The average Bonchev–Trinajstić information content (AvgIpc) is 3.02. The van der Waals surface area contributed by atoms with Crippen LogP contribution in [0.4, 0.5) is 11.5 Å². The molecule has 0 fully saturated rings. The highest BCUT2D eigenvalue weighted by Gasteiger charge is 2.32. The summed E-state index contributed by atoms with van der Waals surface area (Å²) in [4.78, 5) is 39.6. The number of nitro benzene ring substituents is 1. The standard InChI is InChI=1S/C15H10N4O4S/c20-11-7-10(8-2-1-3-9(6-8)19(22)23)12-13(16-11)18-4-5-24-15(18)17-14(12)21/h1-6,10H,7H2,(H,16,20). The quantitative estimate of drug-likeness (QED) is 0.567. The van der Waals surface area contributed by atoms with E-state index in [2.05, 4.69) is 10.3 Å². The number of hydrogen-bond acceptors (Lipinski definition) is 6. The molecule has 1 atom stereocenters. The monoisotopic (exact) mass is 342 g/mol. The molecule has 0 spiro atoms. The van der Waals surface area contributed by atoms with Crippen LogP contribution in [0.25, 0.3) is 4.96 Å². The molecule has 0 saturated heterocycles. The Morgan fingerprint density at radius 2 is 2.21 bits per heavy atom. The van der Waals surface area contributed by atoms with E-state index in [1.807, 2.05) is 0 Å². The summed E-state index contributed by atoms with van der Waals surface area (Å²) in [5.74, 6) is -0.422. The first-order valence-electron chi connectivity index (χ1n) is 7.08. The SMILES string of the molecule is O=C1CC(c2cccc([N+](=O)[O-])c2)c2c(n3ccsc3nc2=O)N1. The number of amides is 1. The first-order valence-corrected chi connectivity index (χ1v) is 7.96. The van der Waals surface area contributed by atoms with Crippen LogP contribution in [0.3, 0.4) is 0 Å². The zero-order chi connectivity index (χ0) is 16.8. The molecule has 0 saturated carbocycles. The molecule has 1 aromatic carbocycles. The van der Waals surface area contributed by atoms with Crippen molar-refractivity contribution in [1.82, 2.24) is 9.38 Å². The first-order chi connectivity index (χ1) is 11.5. The molecule has 0 aliphatic carbocycles. The van der Waals surface area contributed by atoms with Crippen molar-refractivity contribution in [3.63, 3.8) is 0 Å². The number of fused-ring (bicyclic) bond motifs is 3. The Hall–Kier alpha value is -3.07. The number of carbonyl (C=O) groups is 1. The molecule has 1 N–H and O–H groups in total. The highest BCUT2D eigenvalue weighted by atomic mass is 32.1. The number of non-ortho nitro benzene ring substituents is 1. The molecule has 1 aliphatic heterocycles. The molecule has 24 heavy (non-hydrogen) atoms. The Bertz CT molecular complexity index is 1060. The predicted octanol–water partition coefficient (Wildman–Crippen LogP) is 2.14. The van der Waals surface area contributed by atoms with Crippen LogP contribution in [0.1, 0.15) is 23.5 Å². The maximum absolute atomic E-state index is 12.5. The van der Waals surface area contributed by atoms with Gasteiger partial charge >= 0.3 is 0 Å². The lowest BCUT2D eigenvalue weighted by molar-refractivity contribution is -0.384. The minimum absolute atomic E-state index is 0.0429. The summed E-state index contributed by atoms with van der Waals surface area (Å²) in [6, 6.07) is 6.01. The molecule has 120 valence electrons. The van der Waals surface area contributed by atoms with E-state index in [1.165, 1.54) is 23.5 Å². The summed E-state index contributed by atoms with van der Waals surface area (Å²) in [5.41, 5.74) is 0.397. The van der Waals surface area contributed by atoms with Crippen molar-refractivity contribution < 1.29 is 9.72 Å². The van der Waals surface area contributed by atoms with Crippen LogP contribution < -0.4 is 10.9 Å². The number of rotatable bonds is 2. The first kappa shape index (κ1) is 14.5. The largest absolute Gasteiger partial charge is 0.311 e. The van der Waals surface area contributed by atoms with Gasteiger partial charge in [-0.2, -0.15) is 4.98 Å². The van der Waals surface area contributed by atoms with E-state index in [9.17, 15) is 19.7 Å². The van der Waals surface area contributed by atoms with Crippen LogP contribution in [0, 0.1) is 10.1 Å². The van der Waals surface area contributed by atoms with Gasteiger partial charge in [0, 0.05) is 36.0 Å². The average molecular weight is 342 g/mol. The Morgan fingerprint density at radius 1 is 1.38 bits per heavy atom. The fourth-order valence-corrected chi connectivity index (χ4v) is 3.66. The molecular formula is C15H10N4O4S. The number of thiazole rings is 1. The lowest BCUT2D eigenvalue weighted by atomic mass is 9.86. The second kappa shape index (κ2) is 5.24. The molecule has 0 radical (unpaired) electrons. The smallest absolute Gasteiger partial charge is 0.279 e. The maximum atomic E-state index is 12.5. The molecule has 0 bridgehead atoms. The van der Waals surface area contributed by atoms with Gasteiger partial charge in [0.15, 0.2) is 4.96 Å². The van der Waals surface area contributed by atoms with Crippen molar-refractivity contribution in [2.24, 2.45) is 0 Å². The van der Waals surface area contributed by atoms with Crippen LogP contribution in [0.5, 0.6) is 0 Å². The second-order valence-electron chi connectivity index (χ2n) is 5.39. The van der Waals surface area contributed by atoms with Gasteiger partial charge in [0.1, 0.15) is 5.82 Å². The highest BCUT2D eigenvalue weighted by molar-refractivity contribution is 7.15. The van der Waals surface area contributed by atoms with Crippen LogP contribution >= 0.6 is 11.3 Å². The molecule has 4 rings (SSSR count). The normalized spacial score (nSPS) is 16.7. The van der Waals surface area contributed by atoms with E-state index in [4.69, 9.17) is 0 Å². The Labute approximate surface area is 138 Å². The highest BCUT2D eigenvalue weighted by Crippen LogP contribution is 2.36. The van der Waals surface area contributed by atoms with E-state index >= 15 is 0 Å². The number of benzene rings is 1. The third kappa shape index (κ3) is 2.17. The topological polar surface area (TPSA) is 107 Å². The van der Waals surface area contributed by atoms with Gasteiger partial charge in [0.2, 0.25) is 5.91 Å². The maximum Gasteiger partial charge on any atom is 0.279 e. The number of carbonyl (C=O) groups excluding carboxylic acids is 1. The third-order valence-electron chi connectivity index (χ3n) is 3.99. The van der Waals surface area contributed by atoms with Crippen molar-refractivity contribution in [3.05, 3.63) is 67.4 Å². The van der Waals surface area contributed by atoms with E-state index in [0.717, 1.165) is 0 Å². The molecule has 3 aromatic rings. The molecule has 1 unspecified atom stereocenters. The van der Waals surface area contributed by atoms with Gasteiger partial charge in [-0.15, -0.1) is 11.3 Å². The fraction of sp³-hybridized carbons (Fsp3) is 0.133. The number of hydrogen-bond donors (Lipinski definition) is 1. The van der Waals surface area contributed by atoms with Gasteiger partial charge in [-0.3, -0.25) is 24.1 Å². The summed E-state index contributed by atoms with van der Waals surface area (Å²) in [5, 5.41) is 15.5. The van der Waals surface area contributed by atoms with E-state index in [-0.39, 0.29) is 18.0 Å². The third-order valence-corrected chi connectivity index (χ3v) is 4.75. The van der Waals surface area contributed by atoms with Crippen molar-refractivity contribution in [2.75, 3.05) is 5.32 Å². The molecule has 9 heteroatoms. The number of nitrogens with one attached hydrogen (secondary N) is 1. The van der Waals surface area contributed by atoms with E-state index in [0.29, 0.717) is 21.9 Å². The van der Waals surface area contributed by atoms with Gasteiger partial charge in [-0.1, -0.05) is 12.1 Å². The molecule has 3 heterocycles. The zero-order valence-electron chi connectivity index (χ0n) is 12.1. The lowest BCUT2D eigenvalue weighted by Gasteiger charge is -2.25. The fourth-order valence-electron chi connectivity index (χ4n) is 2.95. The van der Waals surface area contributed by atoms with Crippen LogP contribution in [0.15, 0.2) is 40.6 Å². The van der Waals surface area contributed by atoms with Gasteiger partial charge < -0.3 is 5.32 Å². The summed E-state index contributed by atoms with van der Waals surface area (Å²) in [6.07, 6.45) is 1.77. The Kier molecular flexibility index (Phi) is 3.17. The Morgan fingerprint density at radius 3 is 3.00 bits per heavy atom. The van der Waals surface area contributed by atoms with Crippen molar-refractivity contribution in [2.45, 2.75) is 12.3 Å². The number of anilines is 1.